The van der Waals surface area contributed by atoms with Gasteiger partial charge >= 0.3 is 0 Å². The Morgan fingerprint density at radius 3 is 2.61 bits per heavy atom. The van der Waals surface area contributed by atoms with E-state index in [0.29, 0.717) is 0 Å². The number of pyridine rings is 1. The van der Waals surface area contributed by atoms with Crippen molar-refractivity contribution in [3.8, 4) is 5.75 Å². The molecule has 1 aromatic heterocycles. The van der Waals surface area contributed by atoms with E-state index in [4.69, 9.17) is 4.74 Å². The molecule has 0 unspecified atom stereocenters. The number of aromatic nitrogens is 1. The molecule has 18 heavy (non-hydrogen) atoms. The molecule has 0 aliphatic rings. The van der Waals surface area contributed by atoms with Crippen LogP contribution in [0.1, 0.15) is 0 Å². The quantitative estimate of drug-likeness (QED) is 0.905. The summed E-state index contributed by atoms with van der Waals surface area (Å²) in [7, 11) is 3.51. The molecule has 0 radical (unpaired) electrons. The van der Waals surface area contributed by atoms with Crippen molar-refractivity contribution >= 4 is 33.0 Å². The number of hydrogen-bond acceptors (Lipinski definition) is 4. The minimum Gasteiger partial charge on any atom is -0.495 e. The molecule has 0 bridgehead atoms. The fourth-order valence-corrected chi connectivity index (χ4v) is 1.96. The number of benzene rings is 1. The van der Waals surface area contributed by atoms with Crippen molar-refractivity contribution in [3.05, 3.63) is 41.1 Å². The maximum atomic E-state index is 5.25. The monoisotopic (exact) mass is 307 g/mol. The van der Waals surface area contributed by atoms with Crippen molar-refractivity contribution < 1.29 is 4.74 Å². The van der Waals surface area contributed by atoms with Crippen molar-refractivity contribution in [2.45, 2.75) is 0 Å². The van der Waals surface area contributed by atoms with Crippen molar-refractivity contribution in [1.29, 1.82) is 0 Å². The lowest BCUT2D eigenvalue weighted by molar-refractivity contribution is 0.412. The van der Waals surface area contributed by atoms with E-state index >= 15 is 0 Å². The summed E-state index contributed by atoms with van der Waals surface area (Å²) in [5.41, 5.74) is 2.83. The summed E-state index contributed by atoms with van der Waals surface area (Å²) in [6.45, 7) is 0. The highest BCUT2D eigenvalue weighted by Gasteiger charge is 2.02. The second kappa shape index (κ2) is 5.73. The number of nitrogens with one attached hydrogen (secondary N) is 2. The summed E-state index contributed by atoms with van der Waals surface area (Å²) in [6, 6.07) is 7.83. The fourth-order valence-electron chi connectivity index (χ4n) is 1.55. The molecule has 0 aliphatic carbocycles. The zero-order chi connectivity index (χ0) is 13.0. The van der Waals surface area contributed by atoms with Gasteiger partial charge in [-0.15, -0.1) is 0 Å². The number of hydrogen-bond donors (Lipinski definition) is 2. The topological polar surface area (TPSA) is 46.2 Å². The van der Waals surface area contributed by atoms with Crippen LogP contribution in [0.3, 0.4) is 0 Å². The lowest BCUT2D eigenvalue weighted by atomic mass is 10.3. The maximum Gasteiger partial charge on any atom is 0.135 e. The number of rotatable bonds is 4. The lowest BCUT2D eigenvalue weighted by Gasteiger charge is -2.10. The largest absolute Gasteiger partial charge is 0.495 e. The molecule has 2 rings (SSSR count). The van der Waals surface area contributed by atoms with Crippen LogP contribution in [0, 0.1) is 0 Å². The minimum absolute atomic E-state index is 0.790. The highest BCUT2D eigenvalue weighted by molar-refractivity contribution is 9.10. The predicted octanol–water partition coefficient (Wildman–Crippen LogP) is 3.64. The molecule has 5 heteroatoms. The van der Waals surface area contributed by atoms with E-state index in [-0.39, 0.29) is 0 Å². The van der Waals surface area contributed by atoms with Crippen LogP contribution in [0.5, 0.6) is 5.75 Å². The summed E-state index contributed by atoms with van der Waals surface area (Å²) in [5, 5.41) is 6.33. The van der Waals surface area contributed by atoms with Crippen LogP contribution in [0.4, 0.5) is 17.1 Å². The Morgan fingerprint density at radius 2 is 1.89 bits per heavy atom. The Hall–Kier alpha value is -1.75. The molecule has 0 fully saturated rings. The number of ether oxygens (including phenoxy) is 1. The predicted molar refractivity (Wildman–Crippen MR) is 77.8 cm³/mol. The van der Waals surface area contributed by atoms with Crippen molar-refractivity contribution in [2.75, 3.05) is 24.8 Å². The molecule has 0 saturated carbocycles. The second-order valence-electron chi connectivity index (χ2n) is 3.69. The van der Waals surface area contributed by atoms with E-state index in [1.165, 1.54) is 0 Å². The first-order chi connectivity index (χ1) is 8.72. The van der Waals surface area contributed by atoms with Gasteiger partial charge in [-0.2, -0.15) is 0 Å². The van der Waals surface area contributed by atoms with E-state index in [2.05, 4.69) is 31.5 Å². The lowest BCUT2D eigenvalue weighted by Crippen LogP contribution is -1.95. The normalized spacial score (nSPS) is 9.94. The molecule has 2 aromatic rings. The molecule has 2 N–H and O–H groups in total. The Kier molecular flexibility index (Phi) is 4.04. The SMILES string of the molecule is CNc1cncc(Nc2ccc(Br)c(OC)c2)c1. The molecular formula is C13H14BrN3O. The Bertz CT molecular complexity index is 546. The van der Waals surface area contributed by atoms with Crippen LogP contribution < -0.4 is 15.4 Å². The van der Waals surface area contributed by atoms with Gasteiger partial charge in [0.2, 0.25) is 0 Å². The van der Waals surface area contributed by atoms with Gasteiger partial charge in [0.05, 0.1) is 35.4 Å². The van der Waals surface area contributed by atoms with Crippen LogP contribution in [0.2, 0.25) is 0 Å². The molecule has 1 heterocycles. The molecule has 4 nitrogen and oxygen atoms in total. The molecule has 94 valence electrons. The Morgan fingerprint density at radius 1 is 1.11 bits per heavy atom. The summed E-state index contributed by atoms with van der Waals surface area (Å²) in [6.07, 6.45) is 3.54. The average molecular weight is 308 g/mol. The molecule has 0 saturated heterocycles. The third-order valence-electron chi connectivity index (χ3n) is 2.47. The van der Waals surface area contributed by atoms with Crippen LogP contribution in [-0.4, -0.2) is 19.1 Å². The summed E-state index contributed by atoms with van der Waals surface area (Å²) in [5.74, 6) is 0.790. The van der Waals surface area contributed by atoms with Gasteiger partial charge in [-0.3, -0.25) is 4.98 Å². The molecule has 1 aromatic carbocycles. The van der Waals surface area contributed by atoms with Crippen molar-refractivity contribution in [3.63, 3.8) is 0 Å². The van der Waals surface area contributed by atoms with Gasteiger partial charge < -0.3 is 15.4 Å². The third kappa shape index (κ3) is 2.92. The first kappa shape index (κ1) is 12.7. The smallest absolute Gasteiger partial charge is 0.135 e. The van der Waals surface area contributed by atoms with E-state index in [9.17, 15) is 0 Å². The highest BCUT2D eigenvalue weighted by Crippen LogP contribution is 2.29. The number of methoxy groups -OCH3 is 1. The summed E-state index contributed by atoms with van der Waals surface area (Å²) >= 11 is 3.42. The molecular weight excluding hydrogens is 294 g/mol. The Labute approximate surface area is 115 Å². The van der Waals surface area contributed by atoms with E-state index in [1.807, 2.05) is 31.3 Å². The van der Waals surface area contributed by atoms with Crippen LogP contribution in [-0.2, 0) is 0 Å². The highest BCUT2D eigenvalue weighted by atomic mass is 79.9. The zero-order valence-electron chi connectivity index (χ0n) is 10.2. The van der Waals surface area contributed by atoms with Crippen LogP contribution in [0.25, 0.3) is 0 Å². The summed E-state index contributed by atoms with van der Waals surface area (Å²) in [4.78, 5) is 4.15. The van der Waals surface area contributed by atoms with Gasteiger partial charge in [-0.05, 0) is 34.1 Å². The molecule has 0 atom stereocenters. The second-order valence-corrected chi connectivity index (χ2v) is 4.54. The summed E-state index contributed by atoms with van der Waals surface area (Å²) < 4.78 is 6.18. The minimum atomic E-state index is 0.790. The third-order valence-corrected chi connectivity index (χ3v) is 3.12. The van der Waals surface area contributed by atoms with Gasteiger partial charge in [0, 0.05) is 18.8 Å². The zero-order valence-corrected chi connectivity index (χ0v) is 11.8. The van der Waals surface area contributed by atoms with Gasteiger partial charge in [0.15, 0.2) is 0 Å². The number of nitrogens with zero attached hydrogens (tertiary/aromatic N) is 1. The number of anilines is 3. The van der Waals surface area contributed by atoms with Crippen molar-refractivity contribution in [2.24, 2.45) is 0 Å². The van der Waals surface area contributed by atoms with E-state index in [1.54, 1.807) is 19.5 Å². The van der Waals surface area contributed by atoms with Crippen LogP contribution in [0.15, 0.2) is 41.1 Å². The van der Waals surface area contributed by atoms with Gasteiger partial charge in [-0.1, -0.05) is 0 Å². The van der Waals surface area contributed by atoms with Gasteiger partial charge in [0.1, 0.15) is 5.75 Å². The number of halogens is 1. The standard InChI is InChI=1S/C13H14BrN3O/c1-15-10-5-11(8-16-7-10)17-9-3-4-12(14)13(6-9)18-2/h3-8,15,17H,1-2H3. The van der Waals surface area contributed by atoms with Gasteiger partial charge in [0.25, 0.3) is 0 Å². The van der Waals surface area contributed by atoms with Crippen LogP contribution >= 0.6 is 15.9 Å². The fraction of sp³-hybridized carbons (Fsp3) is 0.154. The molecule has 0 amide bonds. The first-order valence-corrected chi connectivity index (χ1v) is 6.25. The molecule has 0 spiro atoms. The van der Waals surface area contributed by atoms with Crippen molar-refractivity contribution in [1.82, 2.24) is 4.98 Å². The molecule has 0 aliphatic heterocycles. The Balaban J connectivity index is 2.22. The average Bonchev–Trinajstić information content (AvgIpc) is 2.41. The van der Waals surface area contributed by atoms with E-state index < -0.39 is 0 Å². The maximum absolute atomic E-state index is 5.25. The van der Waals surface area contributed by atoms with E-state index in [0.717, 1.165) is 27.3 Å². The first-order valence-electron chi connectivity index (χ1n) is 5.46. The van der Waals surface area contributed by atoms with Gasteiger partial charge in [-0.25, -0.2) is 0 Å².